The Kier molecular flexibility index (Phi) is 4.45. The number of allylic oxidation sites excluding steroid dienone is 1. The highest BCUT2D eigenvalue weighted by atomic mass is 19.1. The maximum atomic E-state index is 13.2. The van der Waals surface area contributed by atoms with E-state index in [1.54, 1.807) is 12.1 Å². The van der Waals surface area contributed by atoms with Gasteiger partial charge < -0.3 is 5.11 Å². The molecule has 2 aliphatic rings. The largest absolute Gasteiger partial charge is 0.385 e. The molecule has 0 unspecified atom stereocenters. The van der Waals surface area contributed by atoms with Gasteiger partial charge in [-0.15, -0.1) is 6.58 Å². The normalized spacial score (nSPS) is 28.4. The van der Waals surface area contributed by atoms with Gasteiger partial charge in [-0.1, -0.05) is 18.2 Å². The lowest BCUT2D eigenvalue weighted by Crippen LogP contribution is -2.49. The van der Waals surface area contributed by atoms with Crippen molar-refractivity contribution in [2.24, 2.45) is 0 Å². The number of aromatic nitrogens is 2. The van der Waals surface area contributed by atoms with Gasteiger partial charge in [0, 0.05) is 29.9 Å². The Morgan fingerprint density at radius 2 is 1.92 bits per heavy atom. The number of fused-ring (bicyclic) bond motifs is 2. The summed E-state index contributed by atoms with van der Waals surface area (Å²) < 4.78 is 15.2. The molecule has 26 heavy (non-hydrogen) atoms. The van der Waals surface area contributed by atoms with Crippen LogP contribution in [0.5, 0.6) is 0 Å². The van der Waals surface area contributed by atoms with Crippen LogP contribution in [0.3, 0.4) is 0 Å². The summed E-state index contributed by atoms with van der Waals surface area (Å²) in [5.74, 6) is -0.259. The first-order valence-electron chi connectivity index (χ1n) is 9.36. The zero-order valence-corrected chi connectivity index (χ0v) is 15.2. The topological polar surface area (TPSA) is 41.3 Å². The Morgan fingerprint density at radius 3 is 2.54 bits per heavy atom. The van der Waals surface area contributed by atoms with Crippen LogP contribution < -0.4 is 0 Å². The van der Waals surface area contributed by atoms with Gasteiger partial charge in [0.1, 0.15) is 5.82 Å². The van der Waals surface area contributed by atoms with E-state index in [4.69, 9.17) is 0 Å². The molecule has 2 saturated heterocycles. The van der Waals surface area contributed by atoms with Crippen molar-refractivity contribution in [2.75, 3.05) is 0 Å². The number of aliphatic hydroxyl groups is 1. The third-order valence-electron chi connectivity index (χ3n) is 6.16. The van der Waals surface area contributed by atoms with Crippen molar-refractivity contribution >= 4 is 0 Å². The van der Waals surface area contributed by atoms with Crippen LogP contribution in [0.15, 0.2) is 43.1 Å². The highest BCUT2D eigenvalue weighted by Gasteiger charge is 2.48. The molecule has 3 heterocycles. The molecule has 1 aromatic heterocycles. The lowest BCUT2D eigenvalue weighted by Gasteiger charge is -2.44. The quantitative estimate of drug-likeness (QED) is 0.834. The number of rotatable bonds is 5. The molecule has 0 radical (unpaired) electrons. The van der Waals surface area contributed by atoms with E-state index in [0.717, 1.165) is 31.5 Å². The van der Waals surface area contributed by atoms with Crippen LogP contribution >= 0.6 is 0 Å². The van der Waals surface area contributed by atoms with Crippen molar-refractivity contribution < 1.29 is 9.50 Å². The Labute approximate surface area is 153 Å². The highest BCUT2D eigenvalue weighted by Crippen LogP contribution is 2.46. The van der Waals surface area contributed by atoms with Crippen molar-refractivity contribution in [1.29, 1.82) is 0 Å². The third kappa shape index (κ3) is 2.99. The van der Waals surface area contributed by atoms with E-state index in [0.29, 0.717) is 24.9 Å². The van der Waals surface area contributed by atoms with Crippen LogP contribution in [0.1, 0.15) is 42.5 Å². The van der Waals surface area contributed by atoms with E-state index in [2.05, 4.69) is 23.5 Å². The molecule has 1 aromatic carbocycles. The Balaban J connectivity index is 1.52. The maximum absolute atomic E-state index is 13.2. The average molecular weight is 355 g/mol. The summed E-state index contributed by atoms with van der Waals surface area (Å²) in [4.78, 5) is 2.53. The standard InChI is InChI=1S/C21H26FN3O/c1-3-10-25-15(2)16(13-23-25)14-24-19-8-9-20(24)12-21(26,11-19)17-4-6-18(22)7-5-17/h3-7,13,19-20,26H,1,8-12,14H2,2H3/t19-,20-/m1/s1. The molecule has 2 aliphatic heterocycles. The first kappa shape index (κ1) is 17.4. The molecule has 5 heteroatoms. The first-order valence-corrected chi connectivity index (χ1v) is 9.36. The van der Waals surface area contributed by atoms with Gasteiger partial charge in [-0.3, -0.25) is 9.58 Å². The van der Waals surface area contributed by atoms with Gasteiger partial charge in [-0.25, -0.2) is 4.39 Å². The van der Waals surface area contributed by atoms with Gasteiger partial charge in [0.15, 0.2) is 0 Å². The smallest absolute Gasteiger partial charge is 0.123 e. The minimum atomic E-state index is -0.849. The Hall–Kier alpha value is -1.98. The third-order valence-corrected chi connectivity index (χ3v) is 6.16. The van der Waals surface area contributed by atoms with Crippen molar-refractivity contribution in [2.45, 2.75) is 63.4 Å². The van der Waals surface area contributed by atoms with E-state index in [9.17, 15) is 9.50 Å². The molecule has 0 amide bonds. The van der Waals surface area contributed by atoms with E-state index >= 15 is 0 Å². The number of hydrogen-bond acceptors (Lipinski definition) is 3. The van der Waals surface area contributed by atoms with E-state index in [-0.39, 0.29) is 5.82 Å². The fourth-order valence-corrected chi connectivity index (χ4v) is 4.71. The second kappa shape index (κ2) is 6.63. The molecular weight excluding hydrogens is 329 g/mol. The SMILES string of the molecule is C=CCn1ncc(CN2[C@@H]3CC[C@@H]2CC(O)(c2ccc(F)cc2)C3)c1C. The average Bonchev–Trinajstić information content (AvgIpc) is 3.07. The van der Waals surface area contributed by atoms with Crippen molar-refractivity contribution in [1.82, 2.24) is 14.7 Å². The predicted molar refractivity (Wildman–Crippen MR) is 99.0 cm³/mol. The van der Waals surface area contributed by atoms with E-state index in [1.165, 1.54) is 23.4 Å². The molecule has 4 rings (SSSR count). The zero-order valence-electron chi connectivity index (χ0n) is 15.2. The molecule has 2 fully saturated rings. The summed E-state index contributed by atoms with van der Waals surface area (Å²) in [6.45, 7) is 7.49. The van der Waals surface area contributed by atoms with E-state index < -0.39 is 5.60 Å². The first-order chi connectivity index (χ1) is 12.5. The summed E-state index contributed by atoms with van der Waals surface area (Å²) in [5.41, 5.74) is 2.42. The van der Waals surface area contributed by atoms with Crippen molar-refractivity contribution in [3.05, 3.63) is 65.8 Å². The molecule has 2 bridgehead atoms. The lowest BCUT2D eigenvalue weighted by atomic mass is 9.80. The second-order valence-electron chi connectivity index (χ2n) is 7.73. The van der Waals surface area contributed by atoms with Gasteiger partial charge in [0.05, 0.1) is 18.3 Å². The summed E-state index contributed by atoms with van der Waals surface area (Å²) in [6.07, 6.45) is 7.43. The minimum absolute atomic E-state index is 0.259. The number of benzene rings is 1. The number of piperidine rings is 1. The van der Waals surface area contributed by atoms with Gasteiger partial charge in [-0.05, 0) is 50.3 Å². The Bertz CT molecular complexity index is 784. The van der Waals surface area contributed by atoms with Crippen LogP contribution in [0.25, 0.3) is 0 Å². The zero-order chi connectivity index (χ0) is 18.3. The number of nitrogens with zero attached hydrogens (tertiary/aromatic N) is 3. The maximum Gasteiger partial charge on any atom is 0.123 e. The molecule has 2 atom stereocenters. The molecule has 0 spiro atoms. The minimum Gasteiger partial charge on any atom is -0.385 e. The van der Waals surface area contributed by atoms with Gasteiger partial charge in [-0.2, -0.15) is 5.10 Å². The second-order valence-corrected chi connectivity index (χ2v) is 7.73. The molecule has 2 aromatic rings. The fraction of sp³-hybridized carbons (Fsp3) is 0.476. The summed E-state index contributed by atoms with van der Waals surface area (Å²) >= 11 is 0. The van der Waals surface area contributed by atoms with Crippen molar-refractivity contribution in [3.63, 3.8) is 0 Å². The van der Waals surface area contributed by atoms with Crippen LogP contribution in [0.4, 0.5) is 4.39 Å². The Morgan fingerprint density at radius 1 is 1.27 bits per heavy atom. The number of hydrogen-bond donors (Lipinski definition) is 1. The summed E-state index contributed by atoms with van der Waals surface area (Å²) in [7, 11) is 0. The van der Waals surface area contributed by atoms with Gasteiger partial charge in [0.25, 0.3) is 0 Å². The van der Waals surface area contributed by atoms with Crippen LogP contribution in [-0.2, 0) is 18.7 Å². The molecule has 4 nitrogen and oxygen atoms in total. The molecule has 0 saturated carbocycles. The highest BCUT2D eigenvalue weighted by molar-refractivity contribution is 5.26. The molecular formula is C21H26FN3O. The van der Waals surface area contributed by atoms with Crippen molar-refractivity contribution in [3.8, 4) is 0 Å². The van der Waals surface area contributed by atoms with E-state index in [1.807, 2.05) is 17.0 Å². The summed E-state index contributed by atoms with van der Waals surface area (Å²) in [6, 6.07) is 7.05. The van der Waals surface area contributed by atoms with Crippen LogP contribution in [0.2, 0.25) is 0 Å². The predicted octanol–water partition coefficient (Wildman–Crippen LogP) is 3.53. The molecule has 0 aliphatic carbocycles. The summed E-state index contributed by atoms with van der Waals surface area (Å²) in [5, 5.41) is 15.7. The van der Waals surface area contributed by atoms with Gasteiger partial charge >= 0.3 is 0 Å². The lowest BCUT2D eigenvalue weighted by molar-refractivity contribution is -0.0595. The molecule has 1 N–H and O–H groups in total. The van der Waals surface area contributed by atoms with Gasteiger partial charge in [0.2, 0.25) is 0 Å². The fourth-order valence-electron chi connectivity index (χ4n) is 4.71. The van der Waals surface area contributed by atoms with Crippen LogP contribution in [-0.4, -0.2) is 31.9 Å². The molecule has 138 valence electrons. The monoisotopic (exact) mass is 355 g/mol. The van der Waals surface area contributed by atoms with Crippen LogP contribution in [0, 0.1) is 12.7 Å². The number of halogens is 1.